The molecule has 1 aliphatic rings. The molecular formula is C51H35N2OP. The lowest BCUT2D eigenvalue weighted by Gasteiger charge is -2.29. The highest BCUT2D eigenvalue weighted by atomic mass is 31.2. The third-order valence-corrected chi connectivity index (χ3v) is 14.7. The van der Waals surface area contributed by atoms with Gasteiger partial charge in [-0.25, -0.2) is 4.98 Å². The maximum atomic E-state index is 15.8. The van der Waals surface area contributed by atoms with Crippen LogP contribution >= 0.6 is 7.14 Å². The van der Waals surface area contributed by atoms with Gasteiger partial charge in [0.25, 0.3) is 0 Å². The summed E-state index contributed by atoms with van der Waals surface area (Å²) in [5.74, 6) is 0.968. The van der Waals surface area contributed by atoms with E-state index < -0.39 is 7.14 Å². The van der Waals surface area contributed by atoms with Gasteiger partial charge >= 0.3 is 0 Å². The lowest BCUT2D eigenvalue weighted by Crippen LogP contribution is -2.33. The van der Waals surface area contributed by atoms with Crippen LogP contribution in [0.4, 0.5) is 0 Å². The number of hydrogen-bond acceptors (Lipinski definition) is 2. The molecule has 11 rings (SSSR count). The van der Waals surface area contributed by atoms with Crippen molar-refractivity contribution < 1.29 is 4.57 Å². The standard InChI is InChI=1S/C51H35N2OP/c1-2-48-52-44-25-14-26-47-51(44)53(48)45-32-36(28-30-46(45)55(47,54)37-19-7-4-8-20-37)35-27-29-42-43(31-35)50(39-24-13-18-33-15-9-10-21-38(33)39)41-23-12-11-22-40(41)49(42)34-16-5-3-6-17-34/h3-32H,2H2,1H3. The van der Waals surface area contributed by atoms with Crippen molar-refractivity contribution in [3.8, 4) is 39.1 Å². The van der Waals surface area contributed by atoms with Gasteiger partial charge in [0.15, 0.2) is 7.14 Å². The molecule has 9 aromatic carbocycles. The Balaban J connectivity index is 1.22. The minimum Gasteiger partial charge on any atom is -0.308 e. The molecule has 1 atom stereocenters. The van der Waals surface area contributed by atoms with Crippen molar-refractivity contribution in [2.24, 2.45) is 0 Å². The molecule has 3 nitrogen and oxygen atoms in total. The zero-order valence-electron chi connectivity index (χ0n) is 30.3. The number of aryl methyl sites for hydroxylation is 1. The smallest absolute Gasteiger partial charge is 0.175 e. The third-order valence-electron chi connectivity index (χ3n) is 11.5. The molecule has 0 aliphatic carbocycles. The van der Waals surface area contributed by atoms with Gasteiger partial charge in [-0.05, 0) is 96.0 Å². The molecule has 4 heteroatoms. The van der Waals surface area contributed by atoms with Crippen molar-refractivity contribution in [3.63, 3.8) is 0 Å². The minimum atomic E-state index is -3.21. The summed E-state index contributed by atoms with van der Waals surface area (Å²) < 4.78 is 18.0. The fourth-order valence-corrected chi connectivity index (χ4v) is 12.1. The zero-order valence-corrected chi connectivity index (χ0v) is 31.2. The van der Waals surface area contributed by atoms with Gasteiger partial charge < -0.3 is 4.57 Å². The highest BCUT2D eigenvalue weighted by molar-refractivity contribution is 7.86. The Morgan fingerprint density at radius 2 is 1.15 bits per heavy atom. The van der Waals surface area contributed by atoms with E-state index >= 15 is 4.57 Å². The van der Waals surface area contributed by atoms with Gasteiger partial charge in [-0.1, -0.05) is 159 Å². The zero-order chi connectivity index (χ0) is 36.7. The summed E-state index contributed by atoms with van der Waals surface area (Å²) in [5.41, 5.74) is 9.84. The van der Waals surface area contributed by atoms with Gasteiger partial charge in [-0.3, -0.25) is 4.57 Å². The highest BCUT2D eigenvalue weighted by Crippen LogP contribution is 2.51. The minimum absolute atomic E-state index is 0.757. The molecular weight excluding hydrogens is 688 g/mol. The van der Waals surface area contributed by atoms with E-state index in [2.05, 4.69) is 145 Å². The number of para-hydroxylation sites is 1. The van der Waals surface area contributed by atoms with Crippen molar-refractivity contribution >= 4 is 66.4 Å². The van der Waals surface area contributed by atoms with Crippen LogP contribution < -0.4 is 15.9 Å². The summed E-state index contributed by atoms with van der Waals surface area (Å²) in [6.07, 6.45) is 0.757. The summed E-state index contributed by atoms with van der Waals surface area (Å²) in [6.45, 7) is 2.14. The number of nitrogens with zero attached hydrogens (tertiary/aromatic N) is 2. The molecule has 0 spiro atoms. The summed E-state index contributed by atoms with van der Waals surface area (Å²) in [4.78, 5) is 5.08. The van der Waals surface area contributed by atoms with Crippen molar-refractivity contribution in [1.82, 2.24) is 9.55 Å². The van der Waals surface area contributed by atoms with Crippen LogP contribution in [0.25, 0.3) is 82.4 Å². The average Bonchev–Trinajstić information content (AvgIpc) is 3.64. The van der Waals surface area contributed by atoms with Gasteiger partial charge in [0, 0.05) is 22.3 Å². The Morgan fingerprint density at radius 1 is 0.509 bits per heavy atom. The summed E-state index contributed by atoms with van der Waals surface area (Å²) in [6, 6.07) is 64.5. The van der Waals surface area contributed by atoms with Crippen LogP contribution in [-0.4, -0.2) is 9.55 Å². The monoisotopic (exact) mass is 722 g/mol. The van der Waals surface area contributed by atoms with Gasteiger partial charge in [-0.15, -0.1) is 0 Å². The number of imidazole rings is 1. The molecule has 260 valence electrons. The normalized spacial score (nSPS) is 14.9. The van der Waals surface area contributed by atoms with E-state index in [-0.39, 0.29) is 0 Å². The van der Waals surface area contributed by atoms with E-state index in [0.717, 1.165) is 56.0 Å². The largest absolute Gasteiger partial charge is 0.308 e. The van der Waals surface area contributed by atoms with Crippen molar-refractivity contribution in [3.05, 3.63) is 188 Å². The van der Waals surface area contributed by atoms with E-state index in [9.17, 15) is 0 Å². The predicted octanol–water partition coefficient (Wildman–Crippen LogP) is 12.0. The lowest BCUT2D eigenvalue weighted by atomic mass is 9.84. The number of hydrogen-bond donors (Lipinski definition) is 0. The Morgan fingerprint density at radius 3 is 1.95 bits per heavy atom. The first-order chi connectivity index (χ1) is 27.1. The molecule has 0 N–H and O–H groups in total. The summed E-state index contributed by atoms with van der Waals surface area (Å²) >= 11 is 0. The van der Waals surface area contributed by atoms with Gasteiger partial charge in [0.1, 0.15) is 5.82 Å². The second-order valence-electron chi connectivity index (χ2n) is 14.5. The molecule has 1 aromatic heterocycles. The van der Waals surface area contributed by atoms with Crippen molar-refractivity contribution in [1.29, 1.82) is 0 Å². The molecule has 0 fully saturated rings. The fraction of sp³-hybridized carbons (Fsp3) is 0.0392. The highest BCUT2D eigenvalue weighted by Gasteiger charge is 2.39. The Kier molecular flexibility index (Phi) is 7.11. The molecule has 10 aromatic rings. The topological polar surface area (TPSA) is 34.9 Å². The van der Waals surface area contributed by atoms with Gasteiger partial charge in [0.05, 0.1) is 16.7 Å². The average molecular weight is 723 g/mol. The molecule has 0 saturated heterocycles. The molecule has 1 aliphatic heterocycles. The van der Waals surface area contributed by atoms with E-state index in [1.165, 1.54) is 54.6 Å². The first kappa shape index (κ1) is 31.9. The molecule has 55 heavy (non-hydrogen) atoms. The maximum Gasteiger partial charge on any atom is 0.175 e. The van der Waals surface area contributed by atoms with Crippen LogP contribution in [0, 0.1) is 0 Å². The van der Waals surface area contributed by atoms with Crippen LogP contribution in [0.1, 0.15) is 12.7 Å². The Bertz CT molecular complexity index is 3210. The predicted molar refractivity (Wildman–Crippen MR) is 232 cm³/mol. The van der Waals surface area contributed by atoms with Crippen molar-refractivity contribution in [2.75, 3.05) is 0 Å². The lowest BCUT2D eigenvalue weighted by molar-refractivity contribution is 0.592. The third kappa shape index (κ3) is 4.64. The van der Waals surface area contributed by atoms with Crippen LogP contribution in [0.3, 0.4) is 0 Å². The van der Waals surface area contributed by atoms with Crippen LogP contribution in [0.2, 0.25) is 0 Å². The van der Waals surface area contributed by atoms with Crippen LogP contribution in [-0.2, 0) is 11.0 Å². The van der Waals surface area contributed by atoms with Crippen LogP contribution in [0.5, 0.6) is 0 Å². The fourth-order valence-electron chi connectivity index (χ4n) is 9.11. The molecule has 0 amide bonds. The van der Waals surface area contributed by atoms with E-state index in [0.29, 0.717) is 0 Å². The van der Waals surface area contributed by atoms with Gasteiger partial charge in [0.2, 0.25) is 0 Å². The van der Waals surface area contributed by atoms with Gasteiger partial charge in [-0.2, -0.15) is 0 Å². The van der Waals surface area contributed by atoms with Crippen LogP contribution in [0.15, 0.2) is 182 Å². The maximum absolute atomic E-state index is 15.8. The first-order valence-electron chi connectivity index (χ1n) is 19.0. The SMILES string of the molecule is CCc1nc2cccc3c2n1-c1cc(-c2ccc4c(-c5ccccc5)c5ccccc5c(-c5cccc6ccccc56)c4c2)ccc1P3(=O)c1ccccc1. The summed E-state index contributed by atoms with van der Waals surface area (Å²) in [7, 11) is -3.21. The quantitative estimate of drug-likeness (QED) is 0.131. The summed E-state index contributed by atoms with van der Waals surface area (Å²) in [5, 5.41) is 9.86. The Labute approximate surface area is 319 Å². The Hall–Kier alpha value is -6.54. The molecule has 0 saturated carbocycles. The molecule has 0 radical (unpaired) electrons. The van der Waals surface area contributed by atoms with E-state index in [4.69, 9.17) is 4.98 Å². The second-order valence-corrected chi connectivity index (χ2v) is 17.2. The van der Waals surface area contributed by atoms with E-state index in [1.807, 2.05) is 48.5 Å². The number of aromatic nitrogens is 2. The first-order valence-corrected chi connectivity index (χ1v) is 20.7. The second kappa shape index (κ2) is 12.2. The number of rotatable bonds is 5. The number of fused-ring (bicyclic) bond motifs is 5. The number of benzene rings is 9. The van der Waals surface area contributed by atoms with Crippen molar-refractivity contribution in [2.45, 2.75) is 13.3 Å². The molecule has 2 heterocycles. The molecule has 1 unspecified atom stereocenters. The van der Waals surface area contributed by atoms with E-state index in [1.54, 1.807) is 0 Å². The molecule has 0 bridgehead atoms.